The van der Waals surface area contributed by atoms with E-state index in [0.717, 1.165) is 31.6 Å². The van der Waals surface area contributed by atoms with Gasteiger partial charge in [0.15, 0.2) is 0 Å². The zero-order chi connectivity index (χ0) is 13.1. The first-order chi connectivity index (χ1) is 8.83. The van der Waals surface area contributed by atoms with Crippen LogP contribution in [0.2, 0.25) is 0 Å². The van der Waals surface area contributed by atoms with E-state index in [2.05, 4.69) is 22.5 Å². The molecule has 0 saturated carbocycles. The fourth-order valence-electron chi connectivity index (χ4n) is 1.34. The van der Waals surface area contributed by atoms with E-state index in [1.807, 2.05) is 0 Å². The molecule has 0 bridgehead atoms. The quantitative estimate of drug-likeness (QED) is 0.697. The average molecular weight is 251 g/mol. The van der Waals surface area contributed by atoms with E-state index in [-0.39, 0.29) is 6.03 Å². The average Bonchev–Trinajstić information content (AvgIpc) is 2.39. The molecule has 100 valence electrons. The maximum Gasteiger partial charge on any atom is 0.319 e. The van der Waals surface area contributed by atoms with Crippen LogP contribution in [0.4, 0.5) is 10.5 Å². The lowest BCUT2D eigenvalue weighted by Gasteiger charge is -2.07. The maximum absolute atomic E-state index is 11.5. The van der Waals surface area contributed by atoms with Crippen molar-refractivity contribution in [3.05, 3.63) is 24.5 Å². The van der Waals surface area contributed by atoms with Gasteiger partial charge in [-0.05, 0) is 25.0 Å². The molecule has 0 aromatic carbocycles. The highest BCUT2D eigenvalue weighted by atomic mass is 16.5. The Morgan fingerprint density at radius 2 is 2.00 bits per heavy atom. The zero-order valence-corrected chi connectivity index (χ0v) is 10.8. The van der Waals surface area contributed by atoms with Crippen molar-refractivity contribution in [1.82, 2.24) is 10.3 Å². The van der Waals surface area contributed by atoms with Crippen molar-refractivity contribution in [2.45, 2.75) is 26.2 Å². The van der Waals surface area contributed by atoms with Gasteiger partial charge in [-0.2, -0.15) is 0 Å². The first kappa shape index (κ1) is 14.4. The Labute approximate surface area is 108 Å². The van der Waals surface area contributed by atoms with Crippen molar-refractivity contribution in [3.63, 3.8) is 0 Å². The monoisotopic (exact) mass is 251 g/mol. The van der Waals surface area contributed by atoms with Gasteiger partial charge in [-0.3, -0.25) is 4.98 Å². The predicted molar refractivity (Wildman–Crippen MR) is 71.6 cm³/mol. The molecule has 0 fully saturated rings. The van der Waals surface area contributed by atoms with Gasteiger partial charge in [0.2, 0.25) is 0 Å². The van der Waals surface area contributed by atoms with Gasteiger partial charge in [0.25, 0.3) is 0 Å². The largest absolute Gasteiger partial charge is 0.381 e. The van der Waals surface area contributed by atoms with Crippen LogP contribution in [0.5, 0.6) is 0 Å². The van der Waals surface area contributed by atoms with Crippen molar-refractivity contribution in [3.8, 4) is 0 Å². The van der Waals surface area contributed by atoms with Crippen LogP contribution in [0.3, 0.4) is 0 Å². The summed E-state index contributed by atoms with van der Waals surface area (Å²) in [4.78, 5) is 15.3. The number of carbonyl (C=O) groups excluding carboxylic acids is 1. The zero-order valence-electron chi connectivity index (χ0n) is 10.8. The van der Waals surface area contributed by atoms with E-state index in [4.69, 9.17) is 4.74 Å². The Morgan fingerprint density at radius 1 is 1.28 bits per heavy atom. The number of unbranched alkanes of at least 4 members (excludes halogenated alkanes) is 1. The molecule has 0 spiro atoms. The summed E-state index contributed by atoms with van der Waals surface area (Å²) in [5, 5.41) is 5.49. The van der Waals surface area contributed by atoms with Crippen molar-refractivity contribution < 1.29 is 9.53 Å². The number of hydrogen-bond acceptors (Lipinski definition) is 3. The van der Waals surface area contributed by atoms with E-state index < -0.39 is 0 Å². The number of anilines is 1. The lowest BCUT2D eigenvalue weighted by Crippen LogP contribution is -2.30. The van der Waals surface area contributed by atoms with Crippen LogP contribution in [-0.4, -0.2) is 30.8 Å². The van der Waals surface area contributed by atoms with Crippen LogP contribution in [-0.2, 0) is 4.74 Å². The Hall–Kier alpha value is -1.62. The molecule has 1 aromatic rings. The first-order valence-corrected chi connectivity index (χ1v) is 6.35. The number of nitrogens with zero attached hydrogens (tertiary/aromatic N) is 1. The second-order valence-electron chi connectivity index (χ2n) is 3.94. The molecule has 2 amide bonds. The van der Waals surface area contributed by atoms with Crippen LogP contribution in [0.25, 0.3) is 0 Å². The highest BCUT2D eigenvalue weighted by Gasteiger charge is 1.99. The Bertz CT molecular complexity index is 330. The number of amides is 2. The van der Waals surface area contributed by atoms with E-state index in [1.54, 1.807) is 24.5 Å². The van der Waals surface area contributed by atoms with E-state index in [0.29, 0.717) is 13.2 Å². The number of aromatic nitrogens is 1. The third kappa shape index (κ3) is 6.85. The fraction of sp³-hybridized carbons (Fsp3) is 0.538. The number of carbonyl (C=O) groups is 1. The lowest BCUT2D eigenvalue weighted by atomic mass is 10.4. The summed E-state index contributed by atoms with van der Waals surface area (Å²) in [5.74, 6) is 0. The SMILES string of the molecule is CCCCOCCCNC(=O)Nc1ccncc1. The van der Waals surface area contributed by atoms with Gasteiger partial charge < -0.3 is 15.4 Å². The molecule has 0 aliphatic rings. The molecule has 1 aromatic heterocycles. The van der Waals surface area contributed by atoms with Gasteiger partial charge in [-0.15, -0.1) is 0 Å². The summed E-state index contributed by atoms with van der Waals surface area (Å²) in [6, 6.07) is 3.29. The molecule has 1 rings (SSSR count). The molecule has 0 aliphatic heterocycles. The third-order valence-electron chi connectivity index (χ3n) is 2.33. The van der Waals surface area contributed by atoms with Crippen LogP contribution >= 0.6 is 0 Å². The molecule has 0 aliphatic carbocycles. The Kier molecular flexibility index (Phi) is 7.55. The van der Waals surface area contributed by atoms with Gasteiger partial charge in [-0.1, -0.05) is 13.3 Å². The number of urea groups is 1. The molecule has 2 N–H and O–H groups in total. The van der Waals surface area contributed by atoms with Gasteiger partial charge in [0.05, 0.1) is 0 Å². The Morgan fingerprint density at radius 3 is 2.72 bits per heavy atom. The summed E-state index contributed by atoms with van der Waals surface area (Å²) < 4.78 is 5.39. The maximum atomic E-state index is 11.5. The second-order valence-corrected chi connectivity index (χ2v) is 3.94. The number of ether oxygens (including phenoxy) is 1. The van der Waals surface area contributed by atoms with Crippen LogP contribution in [0.15, 0.2) is 24.5 Å². The number of rotatable bonds is 8. The van der Waals surface area contributed by atoms with Crippen LogP contribution < -0.4 is 10.6 Å². The molecular formula is C13H21N3O2. The normalized spacial score (nSPS) is 10.1. The fourth-order valence-corrected chi connectivity index (χ4v) is 1.34. The molecule has 5 heteroatoms. The highest BCUT2D eigenvalue weighted by Crippen LogP contribution is 2.02. The number of nitrogens with one attached hydrogen (secondary N) is 2. The second kappa shape index (κ2) is 9.41. The Balaban J connectivity index is 2.00. The molecule has 1 heterocycles. The highest BCUT2D eigenvalue weighted by molar-refractivity contribution is 5.88. The van der Waals surface area contributed by atoms with E-state index in [9.17, 15) is 4.79 Å². The molecule has 5 nitrogen and oxygen atoms in total. The van der Waals surface area contributed by atoms with E-state index in [1.165, 1.54) is 0 Å². The van der Waals surface area contributed by atoms with Crippen molar-refractivity contribution in [2.75, 3.05) is 25.1 Å². The topological polar surface area (TPSA) is 63.2 Å². The van der Waals surface area contributed by atoms with Gasteiger partial charge >= 0.3 is 6.03 Å². The van der Waals surface area contributed by atoms with Crippen molar-refractivity contribution >= 4 is 11.7 Å². The first-order valence-electron chi connectivity index (χ1n) is 6.35. The molecule has 18 heavy (non-hydrogen) atoms. The summed E-state index contributed by atoms with van der Waals surface area (Å²) in [7, 11) is 0. The minimum atomic E-state index is -0.199. The smallest absolute Gasteiger partial charge is 0.319 e. The molecule has 0 saturated heterocycles. The van der Waals surface area contributed by atoms with Crippen molar-refractivity contribution in [1.29, 1.82) is 0 Å². The minimum Gasteiger partial charge on any atom is -0.381 e. The third-order valence-corrected chi connectivity index (χ3v) is 2.33. The van der Waals surface area contributed by atoms with Crippen LogP contribution in [0, 0.1) is 0 Å². The minimum absolute atomic E-state index is 0.199. The molecule has 0 unspecified atom stereocenters. The van der Waals surface area contributed by atoms with Crippen molar-refractivity contribution in [2.24, 2.45) is 0 Å². The van der Waals surface area contributed by atoms with Crippen LogP contribution in [0.1, 0.15) is 26.2 Å². The molecular weight excluding hydrogens is 230 g/mol. The molecule has 0 radical (unpaired) electrons. The van der Waals surface area contributed by atoms with Gasteiger partial charge in [-0.25, -0.2) is 4.79 Å². The predicted octanol–water partition coefficient (Wildman–Crippen LogP) is 2.41. The number of hydrogen-bond donors (Lipinski definition) is 2. The summed E-state index contributed by atoms with van der Waals surface area (Å²) >= 11 is 0. The lowest BCUT2D eigenvalue weighted by molar-refractivity contribution is 0.129. The number of pyridine rings is 1. The standard InChI is InChI=1S/C13H21N3O2/c1-2-3-10-18-11-4-7-15-13(17)16-12-5-8-14-9-6-12/h5-6,8-9H,2-4,7,10-11H2,1H3,(H2,14,15,16,17). The van der Waals surface area contributed by atoms with Gasteiger partial charge in [0, 0.05) is 37.8 Å². The van der Waals surface area contributed by atoms with E-state index >= 15 is 0 Å². The summed E-state index contributed by atoms with van der Waals surface area (Å²) in [6.07, 6.45) is 6.34. The van der Waals surface area contributed by atoms with Gasteiger partial charge in [0.1, 0.15) is 0 Å². The molecule has 0 atom stereocenters. The summed E-state index contributed by atoms with van der Waals surface area (Å²) in [5.41, 5.74) is 0.738. The summed E-state index contributed by atoms with van der Waals surface area (Å²) in [6.45, 7) is 4.24.